The molecule has 8 nitrogen and oxygen atoms in total. The third-order valence-electron chi connectivity index (χ3n) is 4.05. The molecule has 0 aromatic rings. The van der Waals surface area contributed by atoms with Gasteiger partial charge in [0.2, 0.25) is 23.6 Å². The Kier molecular flexibility index (Phi) is 11.5. The van der Waals surface area contributed by atoms with Crippen molar-refractivity contribution in [3.63, 3.8) is 0 Å². The van der Waals surface area contributed by atoms with Crippen LogP contribution in [0.25, 0.3) is 0 Å². The lowest BCUT2D eigenvalue weighted by molar-refractivity contribution is -0.127. The fraction of sp³-hybridized carbons (Fsp3) is 0.600. The van der Waals surface area contributed by atoms with E-state index in [4.69, 9.17) is 0 Å². The predicted molar refractivity (Wildman–Crippen MR) is 109 cm³/mol. The van der Waals surface area contributed by atoms with Crippen LogP contribution >= 0.6 is 0 Å². The van der Waals surface area contributed by atoms with Crippen LogP contribution in [0, 0.1) is 5.92 Å². The van der Waals surface area contributed by atoms with E-state index in [1.165, 1.54) is 6.08 Å². The van der Waals surface area contributed by atoms with Crippen LogP contribution in [0.15, 0.2) is 24.8 Å². The van der Waals surface area contributed by atoms with Crippen LogP contribution in [0.2, 0.25) is 0 Å². The minimum atomic E-state index is -0.681. The van der Waals surface area contributed by atoms with Crippen LogP contribution in [0.3, 0.4) is 0 Å². The monoisotopic (exact) mass is 394 g/mol. The van der Waals surface area contributed by atoms with E-state index in [-0.39, 0.29) is 41.8 Å². The van der Waals surface area contributed by atoms with Gasteiger partial charge in [-0.3, -0.25) is 19.2 Å². The maximum atomic E-state index is 12.0. The fourth-order valence-corrected chi connectivity index (χ4v) is 2.18. The van der Waals surface area contributed by atoms with E-state index in [9.17, 15) is 19.2 Å². The first-order valence-corrected chi connectivity index (χ1v) is 9.48. The first kappa shape index (κ1) is 25.4. The second-order valence-electron chi connectivity index (χ2n) is 7.23. The van der Waals surface area contributed by atoms with Gasteiger partial charge in [-0.25, -0.2) is 0 Å². The molecular formula is C20H34N4O4. The SMILES string of the molecule is C=CC(=O)NC(C)C(=O)NC(C)C/C=C/C(=O)NC(C)[C@H](C)C(=O)NC(C)C. The lowest BCUT2D eigenvalue weighted by Crippen LogP contribution is -2.47. The van der Waals surface area contributed by atoms with E-state index >= 15 is 0 Å². The second-order valence-corrected chi connectivity index (χ2v) is 7.23. The van der Waals surface area contributed by atoms with Gasteiger partial charge in [-0.15, -0.1) is 0 Å². The first-order valence-electron chi connectivity index (χ1n) is 9.48. The molecule has 4 atom stereocenters. The second kappa shape index (κ2) is 12.7. The minimum absolute atomic E-state index is 0.0438. The zero-order valence-corrected chi connectivity index (χ0v) is 17.7. The molecule has 0 saturated carbocycles. The van der Waals surface area contributed by atoms with Crippen molar-refractivity contribution in [3.05, 3.63) is 24.8 Å². The molecule has 0 radical (unpaired) electrons. The fourth-order valence-electron chi connectivity index (χ4n) is 2.18. The number of amides is 4. The van der Waals surface area contributed by atoms with Crippen LogP contribution < -0.4 is 21.3 Å². The molecule has 0 aliphatic rings. The summed E-state index contributed by atoms with van der Waals surface area (Å²) in [5.74, 6) is -1.51. The molecule has 0 aliphatic carbocycles. The van der Waals surface area contributed by atoms with Gasteiger partial charge in [0.15, 0.2) is 0 Å². The quantitative estimate of drug-likeness (QED) is 0.388. The molecule has 0 fully saturated rings. The molecular weight excluding hydrogens is 360 g/mol. The van der Waals surface area contributed by atoms with Crippen molar-refractivity contribution in [1.82, 2.24) is 21.3 Å². The van der Waals surface area contributed by atoms with E-state index in [2.05, 4.69) is 27.8 Å². The molecule has 0 aromatic carbocycles. The van der Waals surface area contributed by atoms with E-state index < -0.39 is 11.9 Å². The highest BCUT2D eigenvalue weighted by Gasteiger charge is 2.21. The van der Waals surface area contributed by atoms with Gasteiger partial charge in [-0.1, -0.05) is 19.6 Å². The number of rotatable bonds is 11. The molecule has 0 aromatic heterocycles. The Balaban J connectivity index is 4.37. The highest BCUT2D eigenvalue weighted by atomic mass is 16.2. The van der Waals surface area contributed by atoms with Crippen molar-refractivity contribution in [1.29, 1.82) is 0 Å². The number of carbonyl (C=O) groups is 4. The standard InChI is InChI=1S/C20H34N4O4/c1-8-17(25)24-16(7)20(28)22-13(4)10-9-11-18(26)23-15(6)14(5)19(27)21-12(2)3/h8-9,11-16H,1,10H2,2-7H3,(H,21,27)(H,22,28)(H,23,26)(H,24,25)/b11-9+/t13?,14-,15?,16?/m0/s1. The summed E-state index contributed by atoms with van der Waals surface area (Å²) in [5, 5.41) is 10.8. The molecule has 4 N–H and O–H groups in total. The van der Waals surface area contributed by atoms with Crippen molar-refractivity contribution in [2.24, 2.45) is 5.92 Å². The van der Waals surface area contributed by atoms with Gasteiger partial charge in [-0.2, -0.15) is 0 Å². The molecule has 28 heavy (non-hydrogen) atoms. The van der Waals surface area contributed by atoms with Gasteiger partial charge < -0.3 is 21.3 Å². The largest absolute Gasteiger partial charge is 0.354 e. The van der Waals surface area contributed by atoms with Crippen molar-refractivity contribution in [2.45, 2.75) is 72.1 Å². The highest BCUT2D eigenvalue weighted by Crippen LogP contribution is 2.03. The normalized spacial score (nSPS) is 15.2. The Hall–Kier alpha value is -2.64. The van der Waals surface area contributed by atoms with Crippen LogP contribution in [-0.2, 0) is 19.2 Å². The Morgan fingerprint density at radius 3 is 1.96 bits per heavy atom. The third-order valence-corrected chi connectivity index (χ3v) is 4.05. The molecule has 0 saturated heterocycles. The zero-order chi connectivity index (χ0) is 21.9. The smallest absolute Gasteiger partial charge is 0.244 e. The lowest BCUT2D eigenvalue weighted by Gasteiger charge is -2.21. The van der Waals surface area contributed by atoms with Crippen molar-refractivity contribution in [3.8, 4) is 0 Å². The Morgan fingerprint density at radius 2 is 1.43 bits per heavy atom. The average Bonchev–Trinajstić information content (AvgIpc) is 2.59. The Bertz CT molecular complexity index is 601. The van der Waals surface area contributed by atoms with Gasteiger partial charge >= 0.3 is 0 Å². The van der Waals surface area contributed by atoms with Crippen LogP contribution in [0.4, 0.5) is 0 Å². The summed E-state index contributed by atoms with van der Waals surface area (Å²) in [5.41, 5.74) is 0. The van der Waals surface area contributed by atoms with Gasteiger partial charge in [0.25, 0.3) is 0 Å². The highest BCUT2D eigenvalue weighted by molar-refractivity contribution is 5.92. The molecule has 0 spiro atoms. The van der Waals surface area contributed by atoms with Crippen LogP contribution in [0.1, 0.15) is 48.0 Å². The maximum Gasteiger partial charge on any atom is 0.244 e. The molecule has 0 heterocycles. The minimum Gasteiger partial charge on any atom is -0.354 e. The first-order chi connectivity index (χ1) is 13.0. The number of hydrogen-bond donors (Lipinski definition) is 4. The molecule has 4 amide bonds. The summed E-state index contributed by atoms with van der Waals surface area (Å²) >= 11 is 0. The van der Waals surface area contributed by atoms with Crippen molar-refractivity contribution >= 4 is 23.6 Å². The van der Waals surface area contributed by atoms with E-state index in [0.717, 1.165) is 6.08 Å². The molecule has 0 bridgehead atoms. The number of nitrogens with one attached hydrogen (secondary N) is 4. The summed E-state index contributed by atoms with van der Waals surface area (Å²) in [6, 6.07) is -1.17. The van der Waals surface area contributed by atoms with Gasteiger partial charge in [0.1, 0.15) is 6.04 Å². The van der Waals surface area contributed by atoms with Gasteiger partial charge in [0.05, 0.1) is 5.92 Å². The third kappa shape index (κ3) is 10.5. The molecule has 3 unspecified atom stereocenters. The van der Waals surface area contributed by atoms with Crippen LogP contribution in [0.5, 0.6) is 0 Å². The van der Waals surface area contributed by atoms with E-state index in [1.807, 2.05) is 13.8 Å². The summed E-state index contributed by atoms with van der Waals surface area (Å²) in [4.78, 5) is 47.1. The zero-order valence-electron chi connectivity index (χ0n) is 17.7. The topological polar surface area (TPSA) is 116 Å². The molecule has 0 rings (SSSR count). The van der Waals surface area contributed by atoms with Crippen molar-refractivity contribution in [2.75, 3.05) is 0 Å². The van der Waals surface area contributed by atoms with E-state index in [1.54, 1.807) is 33.8 Å². The molecule has 158 valence electrons. The average molecular weight is 395 g/mol. The van der Waals surface area contributed by atoms with E-state index in [0.29, 0.717) is 6.42 Å². The molecule has 0 aliphatic heterocycles. The van der Waals surface area contributed by atoms with Crippen LogP contribution in [-0.4, -0.2) is 47.8 Å². The summed E-state index contributed by atoms with van der Waals surface area (Å²) in [7, 11) is 0. The number of carbonyl (C=O) groups excluding carboxylic acids is 4. The van der Waals surface area contributed by atoms with Crippen molar-refractivity contribution < 1.29 is 19.2 Å². The Morgan fingerprint density at radius 1 is 0.821 bits per heavy atom. The summed E-state index contributed by atoms with van der Waals surface area (Å²) in [6.07, 6.45) is 4.58. The molecule has 8 heteroatoms. The Labute approximate surface area is 167 Å². The number of hydrogen-bond acceptors (Lipinski definition) is 4. The maximum absolute atomic E-state index is 12.0. The van der Waals surface area contributed by atoms with Gasteiger partial charge in [-0.05, 0) is 53.2 Å². The summed E-state index contributed by atoms with van der Waals surface area (Å²) < 4.78 is 0. The predicted octanol–water partition coefficient (Wildman–Crippen LogP) is 0.794. The summed E-state index contributed by atoms with van der Waals surface area (Å²) in [6.45, 7) is 14.0. The lowest BCUT2D eigenvalue weighted by atomic mass is 10.0. The van der Waals surface area contributed by atoms with Gasteiger partial charge in [0, 0.05) is 18.1 Å².